The largest absolute Gasteiger partial charge is 0.401 e. The fourth-order valence-electron chi connectivity index (χ4n) is 1.24. The van der Waals surface area contributed by atoms with Crippen molar-refractivity contribution in [1.82, 2.24) is 5.32 Å². The molecule has 86 valence electrons. The molecule has 0 spiro atoms. The van der Waals surface area contributed by atoms with E-state index in [4.69, 9.17) is 5.73 Å². The molecule has 0 fully saturated rings. The summed E-state index contributed by atoms with van der Waals surface area (Å²) < 4.78 is 35.6. The highest BCUT2D eigenvalue weighted by Gasteiger charge is 2.28. The minimum absolute atomic E-state index is 0.0113. The van der Waals surface area contributed by atoms with Gasteiger partial charge in [0.25, 0.3) is 0 Å². The number of halogens is 3. The monoisotopic (exact) mass is 212 g/mol. The lowest BCUT2D eigenvalue weighted by molar-refractivity contribution is -0.126. The van der Waals surface area contributed by atoms with E-state index in [1.807, 2.05) is 20.8 Å². The van der Waals surface area contributed by atoms with Gasteiger partial charge < -0.3 is 11.1 Å². The SMILES string of the molecule is CC(C)(C)CC(CN)NCC(F)(F)F. The molecular formula is C9H19F3N2. The Labute approximate surface area is 83.0 Å². The molecule has 0 amide bonds. The van der Waals surface area contributed by atoms with Crippen LogP contribution < -0.4 is 11.1 Å². The molecule has 0 bridgehead atoms. The Morgan fingerprint density at radius 3 is 2.00 bits per heavy atom. The summed E-state index contributed by atoms with van der Waals surface area (Å²) in [5.74, 6) is 0. The Kier molecular flexibility index (Phi) is 4.88. The Bertz CT molecular complexity index is 160. The second kappa shape index (κ2) is 4.98. The van der Waals surface area contributed by atoms with E-state index in [0.29, 0.717) is 6.42 Å². The molecule has 2 nitrogen and oxygen atoms in total. The summed E-state index contributed by atoms with van der Waals surface area (Å²) in [6.45, 7) is 5.19. The average molecular weight is 212 g/mol. The Morgan fingerprint density at radius 1 is 1.21 bits per heavy atom. The molecule has 0 aromatic heterocycles. The lowest BCUT2D eigenvalue weighted by atomic mass is 9.88. The maximum absolute atomic E-state index is 11.9. The van der Waals surface area contributed by atoms with E-state index in [1.165, 1.54) is 0 Å². The van der Waals surface area contributed by atoms with Gasteiger partial charge in [0.2, 0.25) is 0 Å². The second-order valence-corrected chi connectivity index (χ2v) is 4.69. The lowest BCUT2D eigenvalue weighted by Gasteiger charge is -2.26. The number of rotatable bonds is 4. The first kappa shape index (κ1) is 13.7. The van der Waals surface area contributed by atoms with Crippen LogP contribution in [0.5, 0.6) is 0 Å². The van der Waals surface area contributed by atoms with Crippen LogP contribution in [-0.4, -0.2) is 25.3 Å². The van der Waals surface area contributed by atoms with Crippen molar-refractivity contribution in [3.63, 3.8) is 0 Å². The van der Waals surface area contributed by atoms with Crippen molar-refractivity contribution in [3.05, 3.63) is 0 Å². The quantitative estimate of drug-likeness (QED) is 0.747. The van der Waals surface area contributed by atoms with Gasteiger partial charge in [0.15, 0.2) is 0 Å². The minimum atomic E-state index is -4.16. The predicted molar refractivity (Wildman–Crippen MR) is 51.0 cm³/mol. The van der Waals surface area contributed by atoms with Crippen molar-refractivity contribution in [2.24, 2.45) is 11.1 Å². The third-order valence-electron chi connectivity index (χ3n) is 1.73. The Morgan fingerprint density at radius 2 is 1.71 bits per heavy atom. The molecule has 0 rings (SSSR count). The van der Waals surface area contributed by atoms with Crippen LogP contribution in [0.3, 0.4) is 0 Å². The first-order valence-electron chi connectivity index (χ1n) is 4.64. The molecule has 0 aliphatic heterocycles. The number of hydrogen-bond acceptors (Lipinski definition) is 2. The summed E-state index contributed by atoms with van der Waals surface area (Å²) in [5, 5.41) is 2.42. The average Bonchev–Trinajstić information content (AvgIpc) is 1.94. The van der Waals surface area contributed by atoms with Gasteiger partial charge in [-0.15, -0.1) is 0 Å². The van der Waals surface area contributed by atoms with Gasteiger partial charge in [-0.1, -0.05) is 20.8 Å². The van der Waals surface area contributed by atoms with Gasteiger partial charge in [-0.05, 0) is 11.8 Å². The normalized spacial score (nSPS) is 15.6. The van der Waals surface area contributed by atoms with Crippen LogP contribution in [-0.2, 0) is 0 Å². The molecule has 0 aliphatic carbocycles. The van der Waals surface area contributed by atoms with Gasteiger partial charge in [0.05, 0.1) is 6.54 Å². The molecule has 5 heteroatoms. The van der Waals surface area contributed by atoms with E-state index in [0.717, 1.165) is 0 Å². The van der Waals surface area contributed by atoms with Crippen molar-refractivity contribution in [2.45, 2.75) is 39.4 Å². The first-order chi connectivity index (χ1) is 6.14. The molecule has 0 radical (unpaired) electrons. The molecule has 0 aliphatic rings. The number of hydrogen-bond donors (Lipinski definition) is 2. The third kappa shape index (κ3) is 8.31. The zero-order valence-electron chi connectivity index (χ0n) is 8.91. The Hall–Kier alpha value is -0.290. The molecule has 14 heavy (non-hydrogen) atoms. The van der Waals surface area contributed by atoms with Crippen LogP contribution in [0.2, 0.25) is 0 Å². The van der Waals surface area contributed by atoms with Crippen LogP contribution in [0.25, 0.3) is 0 Å². The summed E-state index contributed by atoms with van der Waals surface area (Å²) in [6, 6.07) is -0.267. The van der Waals surface area contributed by atoms with Crippen LogP contribution in [0.1, 0.15) is 27.2 Å². The molecule has 1 unspecified atom stereocenters. The van der Waals surface area contributed by atoms with Gasteiger partial charge in [0, 0.05) is 12.6 Å². The zero-order valence-corrected chi connectivity index (χ0v) is 8.91. The van der Waals surface area contributed by atoms with Crippen molar-refractivity contribution in [1.29, 1.82) is 0 Å². The van der Waals surface area contributed by atoms with E-state index in [1.54, 1.807) is 0 Å². The Balaban J connectivity index is 3.93. The van der Waals surface area contributed by atoms with Crippen molar-refractivity contribution >= 4 is 0 Å². The van der Waals surface area contributed by atoms with E-state index >= 15 is 0 Å². The minimum Gasteiger partial charge on any atom is -0.329 e. The van der Waals surface area contributed by atoms with Crippen molar-refractivity contribution < 1.29 is 13.2 Å². The summed E-state index contributed by atoms with van der Waals surface area (Å²) in [4.78, 5) is 0. The summed E-state index contributed by atoms with van der Waals surface area (Å²) in [5.41, 5.74) is 5.37. The highest BCUT2D eigenvalue weighted by atomic mass is 19.4. The summed E-state index contributed by atoms with van der Waals surface area (Å²) in [7, 11) is 0. The molecule has 0 aromatic carbocycles. The second-order valence-electron chi connectivity index (χ2n) is 4.69. The van der Waals surface area contributed by atoms with Gasteiger partial charge >= 0.3 is 6.18 Å². The van der Waals surface area contributed by atoms with E-state index in [-0.39, 0.29) is 18.0 Å². The molecule has 0 saturated carbocycles. The maximum atomic E-state index is 11.9. The molecule has 1 atom stereocenters. The van der Waals surface area contributed by atoms with Crippen molar-refractivity contribution in [3.8, 4) is 0 Å². The number of nitrogens with one attached hydrogen (secondary N) is 1. The highest BCUT2D eigenvalue weighted by molar-refractivity contribution is 4.76. The fraction of sp³-hybridized carbons (Fsp3) is 1.00. The van der Waals surface area contributed by atoms with Gasteiger partial charge in [-0.2, -0.15) is 13.2 Å². The van der Waals surface area contributed by atoms with Crippen LogP contribution in [0, 0.1) is 5.41 Å². The third-order valence-corrected chi connectivity index (χ3v) is 1.73. The maximum Gasteiger partial charge on any atom is 0.401 e. The van der Waals surface area contributed by atoms with Gasteiger partial charge in [-0.25, -0.2) is 0 Å². The number of alkyl halides is 3. The van der Waals surface area contributed by atoms with Crippen LogP contribution in [0.4, 0.5) is 13.2 Å². The van der Waals surface area contributed by atoms with E-state index in [9.17, 15) is 13.2 Å². The molecule has 0 saturated heterocycles. The fourth-order valence-corrected chi connectivity index (χ4v) is 1.24. The molecular weight excluding hydrogens is 193 g/mol. The highest BCUT2D eigenvalue weighted by Crippen LogP contribution is 2.21. The van der Waals surface area contributed by atoms with Crippen LogP contribution >= 0.6 is 0 Å². The number of nitrogens with two attached hydrogens (primary N) is 1. The summed E-state index contributed by atoms with van der Waals surface area (Å²) >= 11 is 0. The predicted octanol–water partition coefficient (Wildman–Crippen LogP) is 1.90. The molecule has 0 aromatic rings. The van der Waals surface area contributed by atoms with Gasteiger partial charge in [0.1, 0.15) is 0 Å². The van der Waals surface area contributed by atoms with E-state index in [2.05, 4.69) is 5.32 Å². The smallest absolute Gasteiger partial charge is 0.329 e. The summed E-state index contributed by atoms with van der Waals surface area (Å²) in [6.07, 6.45) is -3.52. The lowest BCUT2D eigenvalue weighted by Crippen LogP contribution is -2.43. The van der Waals surface area contributed by atoms with E-state index < -0.39 is 12.7 Å². The molecule has 0 heterocycles. The first-order valence-corrected chi connectivity index (χ1v) is 4.64. The standard InChI is InChI=1S/C9H19F3N2/c1-8(2,3)4-7(5-13)14-6-9(10,11)12/h7,14H,4-6,13H2,1-3H3. The topological polar surface area (TPSA) is 38.0 Å². The van der Waals surface area contributed by atoms with Crippen molar-refractivity contribution in [2.75, 3.05) is 13.1 Å². The zero-order chi connectivity index (χ0) is 11.4. The van der Waals surface area contributed by atoms with Gasteiger partial charge in [-0.3, -0.25) is 0 Å². The van der Waals surface area contributed by atoms with Crippen LogP contribution in [0.15, 0.2) is 0 Å². The molecule has 3 N–H and O–H groups in total.